The first-order valence-corrected chi connectivity index (χ1v) is 6.38. The van der Waals surface area contributed by atoms with Gasteiger partial charge in [0.2, 0.25) is 0 Å². The third kappa shape index (κ3) is 3.93. The molecule has 1 aromatic heterocycles. The molecule has 0 aliphatic carbocycles. The minimum Gasteiger partial charge on any atom is -0.591 e. The maximum Gasteiger partial charge on any atom is 0.144 e. The molecule has 0 unspecified atom stereocenters. The third-order valence-corrected chi connectivity index (χ3v) is 3.60. The molecule has 1 aromatic rings. The molecule has 0 saturated heterocycles. The van der Waals surface area contributed by atoms with E-state index in [4.69, 9.17) is 0 Å². The molecule has 0 radical (unpaired) electrons. The van der Waals surface area contributed by atoms with Crippen LogP contribution >= 0.6 is 15.9 Å². The molecule has 1 rings (SSSR count). The van der Waals surface area contributed by atoms with Crippen molar-refractivity contribution in [1.82, 2.24) is 4.98 Å². The van der Waals surface area contributed by atoms with Crippen molar-refractivity contribution in [3.05, 3.63) is 28.5 Å². The Morgan fingerprint density at radius 1 is 1.53 bits per heavy atom. The highest BCUT2D eigenvalue weighted by molar-refractivity contribution is 9.10. The Morgan fingerprint density at radius 2 is 2.20 bits per heavy atom. The van der Waals surface area contributed by atoms with Crippen LogP contribution in [0.25, 0.3) is 0 Å². The van der Waals surface area contributed by atoms with E-state index in [1.54, 1.807) is 6.20 Å². The Kier molecular flexibility index (Phi) is 4.31. The van der Waals surface area contributed by atoms with Gasteiger partial charge < -0.3 is 4.55 Å². The average Bonchev–Trinajstić information content (AvgIpc) is 2.14. The smallest absolute Gasteiger partial charge is 0.144 e. The molecule has 0 aromatic carbocycles. The molecule has 0 aliphatic heterocycles. The molecule has 0 spiro atoms. The molecular weight excluding hydrogens is 276 g/mol. The summed E-state index contributed by atoms with van der Waals surface area (Å²) < 4.78 is 16.1. The lowest BCUT2D eigenvalue weighted by Crippen LogP contribution is -2.25. The second-order valence-corrected chi connectivity index (χ2v) is 6.75. The number of nitrogens with zero attached hydrogens (tertiary/aromatic N) is 2. The van der Waals surface area contributed by atoms with Crippen LogP contribution in [0.3, 0.4) is 0 Å². The van der Waals surface area contributed by atoms with Crippen LogP contribution in [0.5, 0.6) is 0 Å². The van der Waals surface area contributed by atoms with Crippen molar-refractivity contribution in [2.75, 3.05) is 0 Å². The molecule has 15 heavy (non-hydrogen) atoms. The van der Waals surface area contributed by atoms with E-state index in [1.165, 1.54) is 6.21 Å². The molecule has 1 heterocycles. The Balaban J connectivity index is 2.79. The number of rotatable bonds is 2. The summed E-state index contributed by atoms with van der Waals surface area (Å²) in [7, 11) is 0. The zero-order valence-electron chi connectivity index (χ0n) is 8.90. The Bertz CT molecular complexity index is 363. The molecule has 3 nitrogen and oxygen atoms in total. The lowest BCUT2D eigenvalue weighted by Gasteiger charge is -2.17. The van der Waals surface area contributed by atoms with E-state index in [2.05, 4.69) is 25.3 Å². The number of halogens is 1. The molecule has 1 atom stereocenters. The number of hydrogen-bond donors (Lipinski definition) is 0. The van der Waals surface area contributed by atoms with Crippen LogP contribution < -0.4 is 0 Å². The lowest BCUT2D eigenvalue weighted by atomic mass is 10.3. The van der Waals surface area contributed by atoms with Gasteiger partial charge in [0.05, 0.1) is 5.69 Å². The molecule has 5 heteroatoms. The van der Waals surface area contributed by atoms with Gasteiger partial charge >= 0.3 is 0 Å². The molecule has 0 fully saturated rings. The quantitative estimate of drug-likeness (QED) is 0.621. The first-order valence-electron chi connectivity index (χ1n) is 4.48. The summed E-state index contributed by atoms with van der Waals surface area (Å²) >= 11 is 2.11. The van der Waals surface area contributed by atoms with Crippen molar-refractivity contribution in [3.8, 4) is 0 Å². The van der Waals surface area contributed by atoms with Gasteiger partial charge in [-0.15, -0.1) is 0 Å². The highest BCUT2D eigenvalue weighted by Crippen LogP contribution is 2.17. The van der Waals surface area contributed by atoms with Gasteiger partial charge in [0.25, 0.3) is 0 Å². The van der Waals surface area contributed by atoms with E-state index >= 15 is 0 Å². The molecule has 0 saturated carbocycles. The predicted octanol–water partition coefficient (Wildman–Crippen LogP) is 2.73. The third-order valence-electron chi connectivity index (χ3n) is 1.58. The minimum atomic E-state index is -1.24. The van der Waals surface area contributed by atoms with E-state index in [0.717, 1.165) is 4.47 Å². The fourth-order valence-electron chi connectivity index (χ4n) is 0.749. The summed E-state index contributed by atoms with van der Waals surface area (Å²) in [6.45, 7) is 5.65. The van der Waals surface area contributed by atoms with Gasteiger partial charge in [0.1, 0.15) is 22.3 Å². The van der Waals surface area contributed by atoms with Crippen LogP contribution in [0.15, 0.2) is 27.2 Å². The van der Waals surface area contributed by atoms with E-state index < -0.39 is 11.4 Å². The topological polar surface area (TPSA) is 48.3 Å². The Hall–Kier alpha value is -0.390. The van der Waals surface area contributed by atoms with Crippen molar-refractivity contribution in [3.63, 3.8) is 0 Å². The molecular formula is C10H13BrN2OS. The van der Waals surface area contributed by atoms with Crippen molar-refractivity contribution in [1.29, 1.82) is 0 Å². The standard InChI is InChI=1S/C10H13BrN2OS/c1-10(2,3)15(14)13-7-9-8(11)5-4-6-12-9/h4-7H,1-3H3/b13-7-/t15-/m1/s1. The van der Waals surface area contributed by atoms with Crippen LogP contribution in [0.4, 0.5) is 0 Å². The van der Waals surface area contributed by atoms with Gasteiger partial charge in [0, 0.05) is 10.7 Å². The van der Waals surface area contributed by atoms with Crippen molar-refractivity contribution < 1.29 is 4.55 Å². The van der Waals surface area contributed by atoms with Gasteiger partial charge in [0.15, 0.2) is 0 Å². The SMILES string of the molecule is CC(C)(C)[S@@+]([O-])/N=C\c1ncccc1Br. The van der Waals surface area contributed by atoms with E-state index in [9.17, 15) is 4.55 Å². The van der Waals surface area contributed by atoms with E-state index in [0.29, 0.717) is 5.69 Å². The number of hydrogen-bond acceptors (Lipinski definition) is 3. The van der Waals surface area contributed by atoms with Crippen molar-refractivity contribution >= 4 is 33.5 Å². The van der Waals surface area contributed by atoms with Gasteiger partial charge in [-0.3, -0.25) is 4.98 Å². The van der Waals surface area contributed by atoms with E-state index in [-0.39, 0.29) is 4.75 Å². The lowest BCUT2D eigenvalue weighted by molar-refractivity contribution is 0.562. The Morgan fingerprint density at radius 3 is 2.73 bits per heavy atom. The van der Waals surface area contributed by atoms with Crippen LogP contribution in [0.2, 0.25) is 0 Å². The summed E-state index contributed by atoms with van der Waals surface area (Å²) in [5, 5.41) is 0. The summed E-state index contributed by atoms with van der Waals surface area (Å²) in [6.07, 6.45) is 3.21. The Labute approximate surface area is 101 Å². The fourth-order valence-corrected chi connectivity index (χ4v) is 1.62. The maximum atomic E-state index is 11.6. The first-order chi connectivity index (χ1) is 6.91. The summed E-state index contributed by atoms with van der Waals surface area (Å²) in [4.78, 5) is 4.10. The van der Waals surface area contributed by atoms with E-state index in [1.807, 2.05) is 32.9 Å². The van der Waals surface area contributed by atoms with Crippen molar-refractivity contribution in [2.24, 2.45) is 4.40 Å². The van der Waals surface area contributed by atoms with Crippen LogP contribution in [-0.4, -0.2) is 20.5 Å². The van der Waals surface area contributed by atoms with Crippen LogP contribution in [0.1, 0.15) is 26.5 Å². The normalized spacial score (nSPS) is 14.5. The number of pyridine rings is 1. The average molecular weight is 289 g/mol. The summed E-state index contributed by atoms with van der Waals surface area (Å²) in [5.74, 6) is 0. The maximum absolute atomic E-state index is 11.6. The zero-order valence-corrected chi connectivity index (χ0v) is 11.3. The van der Waals surface area contributed by atoms with Gasteiger partial charge in [-0.25, -0.2) is 0 Å². The first kappa shape index (κ1) is 12.7. The summed E-state index contributed by atoms with van der Waals surface area (Å²) in [6, 6.07) is 3.69. The molecule has 0 N–H and O–H groups in total. The minimum absolute atomic E-state index is 0.336. The van der Waals surface area contributed by atoms with Gasteiger partial charge in [-0.2, -0.15) is 0 Å². The zero-order chi connectivity index (χ0) is 11.5. The molecule has 0 amide bonds. The molecule has 82 valence electrons. The second kappa shape index (κ2) is 5.09. The molecule has 0 aliphatic rings. The number of aromatic nitrogens is 1. The van der Waals surface area contributed by atoms with Crippen molar-refractivity contribution in [2.45, 2.75) is 25.5 Å². The summed E-state index contributed by atoms with van der Waals surface area (Å²) in [5.41, 5.74) is 0.690. The fraction of sp³-hybridized carbons (Fsp3) is 0.400. The van der Waals surface area contributed by atoms with Crippen LogP contribution in [0, 0.1) is 0 Å². The van der Waals surface area contributed by atoms with Crippen LogP contribution in [-0.2, 0) is 11.4 Å². The second-order valence-electron chi connectivity index (χ2n) is 3.97. The monoisotopic (exact) mass is 288 g/mol. The highest BCUT2D eigenvalue weighted by atomic mass is 79.9. The van der Waals surface area contributed by atoms with Gasteiger partial charge in [-0.05, 0) is 48.8 Å². The molecule has 0 bridgehead atoms. The highest BCUT2D eigenvalue weighted by Gasteiger charge is 2.25. The predicted molar refractivity (Wildman–Crippen MR) is 67.4 cm³/mol. The van der Waals surface area contributed by atoms with Gasteiger partial charge in [-0.1, -0.05) is 4.40 Å². The largest absolute Gasteiger partial charge is 0.591 e.